The third-order valence-electron chi connectivity index (χ3n) is 4.13. The lowest BCUT2D eigenvalue weighted by Gasteiger charge is -2.08. The van der Waals surface area contributed by atoms with Gasteiger partial charge in [-0.1, -0.05) is 0 Å². The van der Waals surface area contributed by atoms with Crippen LogP contribution in [-0.4, -0.2) is 28.9 Å². The lowest BCUT2D eigenvalue weighted by molar-refractivity contribution is -0.120. The van der Waals surface area contributed by atoms with Crippen molar-refractivity contribution < 1.29 is 14.4 Å². The third-order valence-corrected chi connectivity index (χ3v) is 5.31. The summed E-state index contributed by atoms with van der Waals surface area (Å²) in [6.45, 7) is 0. The summed E-state index contributed by atoms with van der Waals surface area (Å²) in [5.41, 5.74) is 1.68. The van der Waals surface area contributed by atoms with Crippen molar-refractivity contribution in [1.82, 2.24) is 15.6 Å². The standard InChI is InChI=1S/C16H16N4O3S/c21-13(6-5-11-14(22)20-16(23)19-11)17-9-3-4-10-12(7-9)24-15(18-10)8-1-2-8/h3-4,7-8,11H,1-2,5-6H2,(H,17,21)(H2,19,20,22,23). The Hall–Kier alpha value is -2.48. The number of thiazole rings is 1. The Kier molecular flexibility index (Phi) is 3.68. The van der Waals surface area contributed by atoms with E-state index in [1.165, 1.54) is 17.8 Å². The second kappa shape index (κ2) is 5.86. The number of carbonyl (C=O) groups excluding carboxylic acids is 3. The molecule has 1 atom stereocenters. The first-order chi connectivity index (χ1) is 11.6. The van der Waals surface area contributed by atoms with Crippen LogP contribution in [0.25, 0.3) is 10.2 Å². The van der Waals surface area contributed by atoms with Crippen LogP contribution in [0.3, 0.4) is 0 Å². The van der Waals surface area contributed by atoms with E-state index in [0.29, 0.717) is 5.92 Å². The number of nitrogens with zero attached hydrogens (tertiary/aromatic N) is 1. The molecule has 4 rings (SSSR count). The first kappa shape index (κ1) is 15.1. The average molecular weight is 344 g/mol. The Morgan fingerprint density at radius 1 is 1.33 bits per heavy atom. The van der Waals surface area contributed by atoms with Crippen molar-refractivity contribution in [2.45, 2.75) is 37.6 Å². The Balaban J connectivity index is 1.37. The minimum Gasteiger partial charge on any atom is -0.326 e. The fourth-order valence-corrected chi connectivity index (χ4v) is 3.86. The van der Waals surface area contributed by atoms with Crippen LogP contribution < -0.4 is 16.0 Å². The highest BCUT2D eigenvalue weighted by Crippen LogP contribution is 2.43. The molecule has 0 radical (unpaired) electrons. The van der Waals surface area contributed by atoms with Gasteiger partial charge in [-0.2, -0.15) is 0 Å². The zero-order valence-electron chi connectivity index (χ0n) is 12.8. The molecule has 0 bridgehead atoms. The summed E-state index contributed by atoms with van der Waals surface area (Å²) in [4.78, 5) is 39.1. The van der Waals surface area contributed by atoms with E-state index >= 15 is 0 Å². The zero-order chi connectivity index (χ0) is 16.7. The van der Waals surface area contributed by atoms with Crippen molar-refractivity contribution in [3.63, 3.8) is 0 Å². The number of benzene rings is 1. The van der Waals surface area contributed by atoms with Gasteiger partial charge in [-0.05, 0) is 37.5 Å². The number of urea groups is 1. The molecule has 7 nitrogen and oxygen atoms in total. The molecule has 124 valence electrons. The molecule has 3 N–H and O–H groups in total. The molecular weight excluding hydrogens is 328 g/mol. The van der Waals surface area contributed by atoms with Crippen LogP contribution in [0.5, 0.6) is 0 Å². The largest absolute Gasteiger partial charge is 0.326 e. The summed E-state index contributed by atoms with van der Waals surface area (Å²) < 4.78 is 1.07. The predicted octanol–water partition coefficient (Wildman–Crippen LogP) is 2.10. The molecule has 24 heavy (non-hydrogen) atoms. The molecule has 0 spiro atoms. The van der Waals surface area contributed by atoms with E-state index in [2.05, 4.69) is 20.9 Å². The molecule has 1 saturated carbocycles. The predicted molar refractivity (Wildman–Crippen MR) is 89.9 cm³/mol. The molecule has 2 aromatic rings. The van der Waals surface area contributed by atoms with Gasteiger partial charge in [0.25, 0.3) is 5.91 Å². The number of imide groups is 1. The van der Waals surface area contributed by atoms with Crippen LogP contribution in [0, 0.1) is 0 Å². The SMILES string of the molecule is O=C(CCC1NC(=O)NC1=O)Nc1ccc2nc(C3CC3)sc2c1. The van der Waals surface area contributed by atoms with Crippen molar-refractivity contribution in [3.8, 4) is 0 Å². The molecule has 1 aliphatic carbocycles. The quantitative estimate of drug-likeness (QED) is 0.723. The maximum atomic E-state index is 12.0. The number of nitrogens with one attached hydrogen (secondary N) is 3. The van der Waals surface area contributed by atoms with Crippen molar-refractivity contribution >= 4 is 45.1 Å². The number of aromatic nitrogens is 1. The Morgan fingerprint density at radius 2 is 2.17 bits per heavy atom. The van der Waals surface area contributed by atoms with Crippen molar-refractivity contribution in [2.75, 3.05) is 5.32 Å². The van der Waals surface area contributed by atoms with E-state index in [9.17, 15) is 14.4 Å². The van der Waals surface area contributed by atoms with Gasteiger partial charge < -0.3 is 10.6 Å². The maximum Gasteiger partial charge on any atom is 0.322 e. The lowest BCUT2D eigenvalue weighted by atomic mass is 10.1. The maximum absolute atomic E-state index is 12.0. The Labute approximate surface area is 141 Å². The van der Waals surface area contributed by atoms with Crippen molar-refractivity contribution in [2.24, 2.45) is 0 Å². The van der Waals surface area contributed by atoms with Crippen LogP contribution in [0.2, 0.25) is 0 Å². The van der Waals surface area contributed by atoms with E-state index in [0.717, 1.165) is 15.9 Å². The van der Waals surface area contributed by atoms with Gasteiger partial charge in [-0.25, -0.2) is 9.78 Å². The lowest BCUT2D eigenvalue weighted by Crippen LogP contribution is -2.30. The van der Waals surface area contributed by atoms with Gasteiger partial charge in [0.05, 0.1) is 15.2 Å². The molecule has 2 fully saturated rings. The monoisotopic (exact) mass is 344 g/mol. The van der Waals surface area contributed by atoms with E-state index in [-0.39, 0.29) is 24.7 Å². The number of carbonyl (C=O) groups is 3. The van der Waals surface area contributed by atoms with Crippen LogP contribution in [0.4, 0.5) is 10.5 Å². The van der Waals surface area contributed by atoms with Crippen molar-refractivity contribution in [1.29, 1.82) is 0 Å². The highest BCUT2D eigenvalue weighted by Gasteiger charge is 2.29. The molecule has 1 unspecified atom stereocenters. The minimum absolute atomic E-state index is 0.159. The van der Waals surface area contributed by atoms with Crippen LogP contribution in [0.1, 0.15) is 36.6 Å². The van der Waals surface area contributed by atoms with Gasteiger partial charge in [-0.15, -0.1) is 11.3 Å². The van der Waals surface area contributed by atoms with Gasteiger partial charge in [0, 0.05) is 18.0 Å². The van der Waals surface area contributed by atoms with E-state index in [4.69, 9.17) is 0 Å². The normalized spacial score (nSPS) is 20.1. The second-order valence-corrected chi connectivity index (χ2v) is 7.17. The highest BCUT2D eigenvalue weighted by atomic mass is 32.1. The fraction of sp³-hybridized carbons (Fsp3) is 0.375. The van der Waals surface area contributed by atoms with Crippen LogP contribution in [0.15, 0.2) is 18.2 Å². The number of hydrogen-bond donors (Lipinski definition) is 3. The highest BCUT2D eigenvalue weighted by molar-refractivity contribution is 7.18. The second-order valence-electron chi connectivity index (χ2n) is 6.11. The summed E-state index contributed by atoms with van der Waals surface area (Å²) in [6.07, 6.45) is 2.87. The molecule has 1 aromatic carbocycles. The number of anilines is 1. The first-order valence-corrected chi connectivity index (χ1v) is 8.72. The number of fused-ring (bicyclic) bond motifs is 1. The van der Waals surface area contributed by atoms with Gasteiger partial charge in [0.2, 0.25) is 5.91 Å². The molecule has 2 heterocycles. The number of amides is 4. The van der Waals surface area contributed by atoms with Crippen molar-refractivity contribution in [3.05, 3.63) is 23.2 Å². The Bertz CT molecular complexity index is 843. The zero-order valence-corrected chi connectivity index (χ0v) is 13.6. The summed E-state index contributed by atoms with van der Waals surface area (Å²) >= 11 is 1.68. The Morgan fingerprint density at radius 3 is 2.88 bits per heavy atom. The summed E-state index contributed by atoms with van der Waals surface area (Å²) in [5.74, 6) is 0.0509. The van der Waals surface area contributed by atoms with Gasteiger partial charge in [-0.3, -0.25) is 14.9 Å². The van der Waals surface area contributed by atoms with E-state index < -0.39 is 12.1 Å². The number of hydrogen-bond acceptors (Lipinski definition) is 5. The molecule has 1 aliphatic heterocycles. The average Bonchev–Trinajstić information content (AvgIpc) is 3.22. The van der Waals surface area contributed by atoms with Crippen LogP contribution >= 0.6 is 11.3 Å². The number of rotatable bonds is 5. The van der Waals surface area contributed by atoms with Gasteiger partial charge in [0.15, 0.2) is 0 Å². The molecule has 8 heteroatoms. The smallest absolute Gasteiger partial charge is 0.322 e. The topological polar surface area (TPSA) is 100 Å². The molecule has 4 amide bonds. The van der Waals surface area contributed by atoms with Crippen LogP contribution in [-0.2, 0) is 9.59 Å². The third kappa shape index (κ3) is 3.09. The van der Waals surface area contributed by atoms with E-state index in [1.54, 1.807) is 11.3 Å². The molecular formula is C16H16N4O3S. The fourth-order valence-electron chi connectivity index (χ4n) is 2.69. The molecule has 2 aliphatic rings. The first-order valence-electron chi connectivity index (χ1n) is 7.90. The summed E-state index contributed by atoms with van der Waals surface area (Å²) in [7, 11) is 0. The molecule has 1 aromatic heterocycles. The minimum atomic E-state index is -0.631. The molecule has 1 saturated heterocycles. The van der Waals surface area contributed by atoms with Gasteiger partial charge in [0.1, 0.15) is 6.04 Å². The summed E-state index contributed by atoms with van der Waals surface area (Å²) in [5, 5.41) is 8.64. The van der Waals surface area contributed by atoms with E-state index in [1.807, 2.05) is 18.2 Å². The van der Waals surface area contributed by atoms with Gasteiger partial charge >= 0.3 is 6.03 Å². The summed E-state index contributed by atoms with van der Waals surface area (Å²) in [6, 6.07) is 4.54.